The molecule has 1 aliphatic carbocycles. The molecule has 1 amide bonds. The van der Waals surface area contributed by atoms with Crippen molar-refractivity contribution in [3.05, 3.63) is 48.8 Å². The Kier molecular flexibility index (Phi) is 4.48. The number of para-hydroxylation sites is 1. The van der Waals surface area contributed by atoms with Crippen LogP contribution in [0.1, 0.15) is 25.7 Å². The van der Waals surface area contributed by atoms with E-state index in [0.29, 0.717) is 5.82 Å². The summed E-state index contributed by atoms with van der Waals surface area (Å²) in [7, 11) is 0. The molecule has 2 unspecified atom stereocenters. The van der Waals surface area contributed by atoms with Crippen molar-refractivity contribution in [1.29, 1.82) is 0 Å². The lowest BCUT2D eigenvalue weighted by atomic mass is 9.84. The third-order valence-corrected chi connectivity index (χ3v) is 4.98. The van der Waals surface area contributed by atoms with Crippen LogP contribution in [0.25, 0.3) is 22.3 Å². The number of hydrogen-bond acceptors (Lipinski definition) is 5. The average Bonchev–Trinajstić information content (AvgIpc) is 2.69. The van der Waals surface area contributed by atoms with Gasteiger partial charge in [0.1, 0.15) is 5.82 Å². The number of aromatic nitrogens is 3. The van der Waals surface area contributed by atoms with Gasteiger partial charge in [0, 0.05) is 29.4 Å². The SMILES string of the molecule is NC(=O)C1CCCCC1Nc1nc(-c2cccnc2)nc2ccccc12. The molecular formula is C20H21N5O. The molecule has 0 spiro atoms. The number of pyridine rings is 1. The minimum Gasteiger partial charge on any atom is -0.369 e. The Bertz CT molecular complexity index is 928. The van der Waals surface area contributed by atoms with E-state index >= 15 is 0 Å². The van der Waals surface area contributed by atoms with Crippen molar-refractivity contribution in [3.63, 3.8) is 0 Å². The lowest BCUT2D eigenvalue weighted by Gasteiger charge is -2.30. The van der Waals surface area contributed by atoms with E-state index in [-0.39, 0.29) is 17.9 Å². The van der Waals surface area contributed by atoms with E-state index in [2.05, 4.69) is 15.3 Å². The summed E-state index contributed by atoms with van der Waals surface area (Å²) >= 11 is 0. The maximum Gasteiger partial charge on any atom is 0.222 e. The minimum absolute atomic E-state index is 0.00121. The monoisotopic (exact) mass is 347 g/mol. The highest BCUT2D eigenvalue weighted by molar-refractivity contribution is 5.91. The lowest BCUT2D eigenvalue weighted by Crippen LogP contribution is -2.40. The number of carbonyl (C=O) groups excluding carboxylic acids is 1. The molecule has 1 saturated carbocycles. The first kappa shape index (κ1) is 16.4. The molecule has 2 aromatic heterocycles. The van der Waals surface area contributed by atoms with Crippen LogP contribution < -0.4 is 11.1 Å². The minimum atomic E-state index is -0.243. The summed E-state index contributed by atoms with van der Waals surface area (Å²) in [6.45, 7) is 0. The zero-order valence-corrected chi connectivity index (χ0v) is 14.4. The van der Waals surface area contributed by atoms with Crippen LogP contribution in [-0.4, -0.2) is 26.9 Å². The largest absolute Gasteiger partial charge is 0.369 e. The first-order chi connectivity index (χ1) is 12.7. The Hall–Kier alpha value is -3.02. The number of anilines is 1. The second-order valence-corrected chi connectivity index (χ2v) is 6.70. The number of fused-ring (bicyclic) bond motifs is 1. The molecule has 0 saturated heterocycles. The van der Waals surface area contributed by atoms with Gasteiger partial charge < -0.3 is 11.1 Å². The highest BCUT2D eigenvalue weighted by atomic mass is 16.1. The maximum absolute atomic E-state index is 11.8. The summed E-state index contributed by atoms with van der Waals surface area (Å²) in [5, 5.41) is 4.43. The standard InChI is InChI=1S/C20H21N5O/c21-18(26)14-7-1-3-9-16(14)24-20-15-8-2-4-10-17(15)23-19(25-20)13-6-5-11-22-12-13/h2,4-6,8,10-12,14,16H,1,3,7,9H2,(H2,21,26)(H,23,24,25). The summed E-state index contributed by atoms with van der Waals surface area (Å²) in [6, 6.07) is 11.7. The normalized spacial score (nSPS) is 20.0. The molecule has 1 fully saturated rings. The van der Waals surface area contributed by atoms with Crippen molar-refractivity contribution in [2.45, 2.75) is 31.7 Å². The fourth-order valence-corrected chi connectivity index (χ4v) is 3.63. The molecule has 0 radical (unpaired) electrons. The molecule has 0 aliphatic heterocycles. The van der Waals surface area contributed by atoms with E-state index in [1.165, 1.54) is 0 Å². The van der Waals surface area contributed by atoms with Crippen LogP contribution in [-0.2, 0) is 4.79 Å². The number of rotatable bonds is 4. The van der Waals surface area contributed by atoms with Gasteiger partial charge in [-0.05, 0) is 37.1 Å². The van der Waals surface area contributed by atoms with E-state index in [0.717, 1.165) is 48.0 Å². The second-order valence-electron chi connectivity index (χ2n) is 6.70. The van der Waals surface area contributed by atoms with Gasteiger partial charge in [-0.1, -0.05) is 25.0 Å². The Morgan fingerprint density at radius 1 is 1.08 bits per heavy atom. The maximum atomic E-state index is 11.8. The van der Waals surface area contributed by atoms with Gasteiger partial charge in [-0.25, -0.2) is 9.97 Å². The van der Waals surface area contributed by atoms with Crippen molar-refractivity contribution in [2.24, 2.45) is 11.7 Å². The number of nitrogens with one attached hydrogen (secondary N) is 1. The summed E-state index contributed by atoms with van der Waals surface area (Å²) in [5.41, 5.74) is 7.34. The van der Waals surface area contributed by atoms with Crippen LogP contribution in [0.3, 0.4) is 0 Å². The Morgan fingerprint density at radius 2 is 1.92 bits per heavy atom. The van der Waals surface area contributed by atoms with Crippen molar-refractivity contribution in [3.8, 4) is 11.4 Å². The lowest BCUT2D eigenvalue weighted by molar-refractivity contribution is -0.122. The molecule has 3 N–H and O–H groups in total. The molecule has 1 aromatic carbocycles. The molecule has 4 rings (SSSR count). The van der Waals surface area contributed by atoms with Crippen LogP contribution in [0.4, 0.5) is 5.82 Å². The Morgan fingerprint density at radius 3 is 2.73 bits per heavy atom. The first-order valence-corrected chi connectivity index (χ1v) is 8.95. The van der Waals surface area contributed by atoms with Crippen molar-refractivity contribution >= 4 is 22.6 Å². The van der Waals surface area contributed by atoms with E-state index < -0.39 is 0 Å². The van der Waals surface area contributed by atoms with Gasteiger partial charge in [0.2, 0.25) is 5.91 Å². The van der Waals surface area contributed by atoms with Crippen molar-refractivity contribution < 1.29 is 4.79 Å². The number of amides is 1. The average molecular weight is 347 g/mol. The molecule has 2 heterocycles. The molecule has 6 nitrogen and oxygen atoms in total. The molecule has 1 aliphatic rings. The predicted molar refractivity (Wildman–Crippen MR) is 101 cm³/mol. The zero-order chi connectivity index (χ0) is 17.9. The fourth-order valence-electron chi connectivity index (χ4n) is 3.63. The summed E-state index contributed by atoms with van der Waals surface area (Å²) in [5.74, 6) is 0.950. The second kappa shape index (κ2) is 7.07. The third kappa shape index (κ3) is 3.22. The van der Waals surface area contributed by atoms with Gasteiger partial charge in [-0.15, -0.1) is 0 Å². The van der Waals surface area contributed by atoms with E-state index in [1.807, 2.05) is 36.4 Å². The zero-order valence-electron chi connectivity index (χ0n) is 14.4. The van der Waals surface area contributed by atoms with Gasteiger partial charge >= 0.3 is 0 Å². The molecule has 6 heteroatoms. The van der Waals surface area contributed by atoms with Crippen LogP contribution in [0.15, 0.2) is 48.8 Å². The van der Waals surface area contributed by atoms with Crippen LogP contribution in [0.5, 0.6) is 0 Å². The molecule has 3 aromatic rings. The van der Waals surface area contributed by atoms with Gasteiger partial charge in [0.05, 0.1) is 11.4 Å². The van der Waals surface area contributed by atoms with E-state index in [4.69, 9.17) is 10.7 Å². The van der Waals surface area contributed by atoms with Crippen LogP contribution >= 0.6 is 0 Å². The van der Waals surface area contributed by atoms with Crippen molar-refractivity contribution in [2.75, 3.05) is 5.32 Å². The van der Waals surface area contributed by atoms with Crippen molar-refractivity contribution in [1.82, 2.24) is 15.0 Å². The predicted octanol–water partition coefficient (Wildman–Crippen LogP) is 3.15. The molecule has 0 bridgehead atoms. The Labute approximate surface area is 151 Å². The Balaban J connectivity index is 1.77. The van der Waals surface area contributed by atoms with Gasteiger partial charge in [-0.2, -0.15) is 0 Å². The first-order valence-electron chi connectivity index (χ1n) is 8.95. The summed E-state index contributed by atoms with van der Waals surface area (Å²) in [4.78, 5) is 25.4. The number of hydrogen-bond donors (Lipinski definition) is 2. The number of benzene rings is 1. The molecule has 2 atom stereocenters. The number of primary amides is 1. The number of nitrogens with zero attached hydrogens (tertiary/aromatic N) is 3. The molecular weight excluding hydrogens is 326 g/mol. The summed E-state index contributed by atoms with van der Waals surface area (Å²) in [6.07, 6.45) is 7.33. The third-order valence-electron chi connectivity index (χ3n) is 4.98. The van der Waals surface area contributed by atoms with Gasteiger partial charge in [0.15, 0.2) is 5.82 Å². The molecule has 132 valence electrons. The van der Waals surface area contributed by atoms with Crippen LogP contribution in [0, 0.1) is 5.92 Å². The van der Waals surface area contributed by atoms with Gasteiger partial charge in [0.25, 0.3) is 0 Å². The number of nitrogens with two attached hydrogens (primary N) is 1. The summed E-state index contributed by atoms with van der Waals surface area (Å²) < 4.78 is 0. The molecule has 26 heavy (non-hydrogen) atoms. The fraction of sp³-hybridized carbons (Fsp3) is 0.300. The smallest absolute Gasteiger partial charge is 0.222 e. The van der Waals surface area contributed by atoms with Gasteiger partial charge in [-0.3, -0.25) is 9.78 Å². The highest BCUT2D eigenvalue weighted by Crippen LogP contribution is 2.30. The highest BCUT2D eigenvalue weighted by Gasteiger charge is 2.30. The number of carbonyl (C=O) groups is 1. The van der Waals surface area contributed by atoms with Crippen LogP contribution in [0.2, 0.25) is 0 Å². The topological polar surface area (TPSA) is 93.8 Å². The quantitative estimate of drug-likeness (QED) is 0.756. The van der Waals surface area contributed by atoms with E-state index in [9.17, 15) is 4.79 Å². The van der Waals surface area contributed by atoms with E-state index in [1.54, 1.807) is 12.4 Å².